The second kappa shape index (κ2) is 3.98. The van der Waals surface area contributed by atoms with Crippen LogP contribution in [0.5, 0.6) is 0 Å². The maximum absolute atomic E-state index is 11.2. The van der Waals surface area contributed by atoms with Gasteiger partial charge in [0.15, 0.2) is 0 Å². The number of imide groups is 1. The van der Waals surface area contributed by atoms with Crippen molar-refractivity contribution in [2.24, 2.45) is 0 Å². The molecule has 1 aromatic heterocycles. The van der Waals surface area contributed by atoms with Crippen LogP contribution in [0.3, 0.4) is 0 Å². The largest absolute Gasteiger partial charge is 0.337 e. The van der Waals surface area contributed by atoms with E-state index in [1.54, 1.807) is 17.2 Å². The minimum absolute atomic E-state index is 0.154. The number of pyridine rings is 1. The van der Waals surface area contributed by atoms with Gasteiger partial charge >= 0.3 is 0 Å². The summed E-state index contributed by atoms with van der Waals surface area (Å²) in [4.78, 5) is 28.1. The molecular formula is C9H8BrN3O2. The molecule has 1 saturated heterocycles. The number of aromatic nitrogens is 1. The van der Waals surface area contributed by atoms with Crippen molar-refractivity contribution in [1.82, 2.24) is 10.3 Å². The van der Waals surface area contributed by atoms with Crippen molar-refractivity contribution >= 4 is 33.6 Å². The van der Waals surface area contributed by atoms with E-state index in [2.05, 4.69) is 26.2 Å². The fourth-order valence-electron chi connectivity index (χ4n) is 1.40. The predicted molar refractivity (Wildman–Crippen MR) is 57.3 cm³/mol. The number of nitrogens with zero attached hydrogens (tertiary/aromatic N) is 2. The van der Waals surface area contributed by atoms with Crippen molar-refractivity contribution in [3.05, 3.63) is 22.8 Å². The monoisotopic (exact) mass is 269 g/mol. The molecule has 2 amide bonds. The molecule has 6 heteroatoms. The van der Waals surface area contributed by atoms with Crippen molar-refractivity contribution in [3.63, 3.8) is 0 Å². The van der Waals surface area contributed by atoms with E-state index in [9.17, 15) is 9.59 Å². The van der Waals surface area contributed by atoms with Crippen LogP contribution in [0.25, 0.3) is 0 Å². The molecule has 5 nitrogen and oxygen atoms in total. The number of piperazine rings is 1. The molecule has 78 valence electrons. The van der Waals surface area contributed by atoms with E-state index in [0.717, 1.165) is 4.47 Å². The minimum Gasteiger partial charge on any atom is -0.337 e. The minimum atomic E-state index is -0.302. The first-order valence-corrected chi connectivity index (χ1v) is 5.14. The second-order valence-corrected chi connectivity index (χ2v) is 3.99. The molecule has 2 heterocycles. The Kier molecular flexibility index (Phi) is 2.68. The van der Waals surface area contributed by atoms with E-state index >= 15 is 0 Å². The van der Waals surface area contributed by atoms with E-state index < -0.39 is 0 Å². The maximum atomic E-state index is 11.2. The van der Waals surface area contributed by atoms with E-state index in [1.807, 2.05) is 6.07 Å². The van der Waals surface area contributed by atoms with Crippen LogP contribution in [0.1, 0.15) is 0 Å². The Morgan fingerprint density at radius 3 is 2.60 bits per heavy atom. The van der Waals surface area contributed by atoms with Crippen molar-refractivity contribution in [1.29, 1.82) is 0 Å². The van der Waals surface area contributed by atoms with Gasteiger partial charge in [-0.1, -0.05) is 0 Å². The molecule has 0 spiro atoms. The number of nitrogens with one attached hydrogen (secondary N) is 1. The van der Waals surface area contributed by atoms with Gasteiger partial charge in [-0.15, -0.1) is 0 Å². The molecule has 1 aliphatic heterocycles. The summed E-state index contributed by atoms with van der Waals surface area (Å²) in [7, 11) is 0. The molecule has 1 aromatic rings. The quantitative estimate of drug-likeness (QED) is 0.746. The lowest BCUT2D eigenvalue weighted by atomic mass is 10.3. The van der Waals surface area contributed by atoms with Gasteiger partial charge in [0.05, 0.1) is 17.6 Å². The summed E-state index contributed by atoms with van der Waals surface area (Å²) in [6.45, 7) is 0.308. The summed E-state index contributed by atoms with van der Waals surface area (Å²) in [5, 5.41) is 2.24. The molecule has 0 radical (unpaired) electrons. The number of halogens is 1. The van der Waals surface area contributed by atoms with Crippen LogP contribution in [0.4, 0.5) is 5.82 Å². The lowest BCUT2D eigenvalue weighted by Crippen LogP contribution is -2.51. The van der Waals surface area contributed by atoms with Crippen molar-refractivity contribution in [2.75, 3.05) is 18.0 Å². The average Bonchev–Trinajstić information content (AvgIpc) is 2.16. The first-order chi connectivity index (χ1) is 7.16. The average molecular weight is 270 g/mol. The van der Waals surface area contributed by atoms with Crippen LogP contribution in [0, 0.1) is 0 Å². The van der Waals surface area contributed by atoms with E-state index in [0.29, 0.717) is 5.82 Å². The highest BCUT2D eigenvalue weighted by Gasteiger charge is 2.24. The maximum Gasteiger partial charge on any atom is 0.246 e. The molecule has 1 N–H and O–H groups in total. The number of amides is 2. The van der Waals surface area contributed by atoms with E-state index in [-0.39, 0.29) is 24.9 Å². The van der Waals surface area contributed by atoms with Gasteiger partial charge in [-0.2, -0.15) is 0 Å². The molecule has 0 bridgehead atoms. The van der Waals surface area contributed by atoms with E-state index in [1.165, 1.54) is 0 Å². The van der Waals surface area contributed by atoms with Crippen LogP contribution < -0.4 is 10.2 Å². The molecule has 0 aliphatic carbocycles. The van der Waals surface area contributed by atoms with Gasteiger partial charge in [-0.05, 0) is 28.1 Å². The summed E-state index contributed by atoms with van der Waals surface area (Å²) in [6, 6.07) is 3.60. The van der Waals surface area contributed by atoms with Gasteiger partial charge in [0.1, 0.15) is 5.82 Å². The molecule has 1 fully saturated rings. The molecule has 0 aromatic carbocycles. The van der Waals surface area contributed by atoms with Gasteiger partial charge in [0, 0.05) is 6.20 Å². The number of hydrogen-bond donors (Lipinski definition) is 1. The van der Waals surface area contributed by atoms with Gasteiger partial charge in [0.2, 0.25) is 11.8 Å². The first-order valence-electron chi connectivity index (χ1n) is 4.35. The second-order valence-electron chi connectivity index (χ2n) is 3.14. The van der Waals surface area contributed by atoms with Crippen molar-refractivity contribution < 1.29 is 9.59 Å². The van der Waals surface area contributed by atoms with Crippen LogP contribution >= 0.6 is 15.9 Å². The number of hydrogen-bond acceptors (Lipinski definition) is 4. The Morgan fingerprint density at radius 1 is 1.33 bits per heavy atom. The van der Waals surface area contributed by atoms with Crippen LogP contribution in [0.15, 0.2) is 22.8 Å². The first kappa shape index (κ1) is 10.1. The Hall–Kier alpha value is -1.43. The van der Waals surface area contributed by atoms with Gasteiger partial charge < -0.3 is 4.90 Å². The lowest BCUT2D eigenvalue weighted by Gasteiger charge is -2.26. The number of anilines is 1. The SMILES string of the molecule is O=C1CN(c2ncccc2Br)CC(=O)N1. The molecular weight excluding hydrogens is 262 g/mol. The highest BCUT2D eigenvalue weighted by molar-refractivity contribution is 9.10. The summed E-state index contributed by atoms with van der Waals surface area (Å²) in [6.07, 6.45) is 1.62. The molecule has 15 heavy (non-hydrogen) atoms. The van der Waals surface area contributed by atoms with Crippen LogP contribution in [-0.4, -0.2) is 29.9 Å². The zero-order chi connectivity index (χ0) is 10.8. The molecule has 2 rings (SSSR count). The third-order valence-electron chi connectivity index (χ3n) is 1.99. The van der Waals surface area contributed by atoms with Gasteiger partial charge in [-0.25, -0.2) is 4.98 Å². The fourth-order valence-corrected chi connectivity index (χ4v) is 1.90. The fraction of sp³-hybridized carbons (Fsp3) is 0.222. The Bertz CT molecular complexity index is 406. The number of rotatable bonds is 1. The zero-order valence-electron chi connectivity index (χ0n) is 7.74. The zero-order valence-corrected chi connectivity index (χ0v) is 9.32. The highest BCUT2D eigenvalue weighted by Crippen LogP contribution is 2.23. The topological polar surface area (TPSA) is 62.3 Å². The Labute approximate surface area is 94.6 Å². The lowest BCUT2D eigenvalue weighted by molar-refractivity contribution is -0.130. The van der Waals surface area contributed by atoms with Gasteiger partial charge in [-0.3, -0.25) is 14.9 Å². The molecule has 0 saturated carbocycles. The summed E-state index contributed by atoms with van der Waals surface area (Å²) < 4.78 is 0.771. The van der Waals surface area contributed by atoms with Crippen LogP contribution in [-0.2, 0) is 9.59 Å². The van der Waals surface area contributed by atoms with Crippen LogP contribution in [0.2, 0.25) is 0 Å². The van der Waals surface area contributed by atoms with Gasteiger partial charge in [0.25, 0.3) is 0 Å². The summed E-state index contributed by atoms with van der Waals surface area (Å²) >= 11 is 3.32. The third-order valence-corrected chi connectivity index (χ3v) is 2.61. The summed E-state index contributed by atoms with van der Waals surface area (Å²) in [5.41, 5.74) is 0. The molecule has 0 atom stereocenters. The number of carbonyl (C=O) groups excluding carboxylic acids is 2. The molecule has 0 unspecified atom stereocenters. The number of carbonyl (C=O) groups is 2. The van der Waals surface area contributed by atoms with Crippen molar-refractivity contribution in [3.8, 4) is 0 Å². The smallest absolute Gasteiger partial charge is 0.246 e. The third kappa shape index (κ3) is 2.15. The normalized spacial score (nSPS) is 16.5. The Balaban J connectivity index is 2.27. The standard InChI is InChI=1S/C9H8BrN3O2/c10-6-2-1-3-11-9(6)13-4-7(14)12-8(15)5-13/h1-3H,4-5H2,(H,12,14,15). The highest BCUT2D eigenvalue weighted by atomic mass is 79.9. The van der Waals surface area contributed by atoms with Crippen molar-refractivity contribution in [2.45, 2.75) is 0 Å². The molecule has 1 aliphatic rings. The van der Waals surface area contributed by atoms with E-state index in [4.69, 9.17) is 0 Å². The predicted octanol–water partition coefficient (Wildman–Crippen LogP) is 0.307. The summed E-state index contributed by atoms with van der Waals surface area (Å²) in [5.74, 6) is 0.00769. The Morgan fingerprint density at radius 2 is 2.00 bits per heavy atom.